The number of allylic oxidation sites excluding steroid dienone is 1. The second kappa shape index (κ2) is 12.7. The third kappa shape index (κ3) is 7.67. The summed E-state index contributed by atoms with van der Waals surface area (Å²) in [5.41, 5.74) is 1.80. The second-order valence-corrected chi connectivity index (χ2v) is 8.01. The number of phenols is 4. The number of unbranched alkanes of at least 4 members (excludes halogenated alkanes) is 8. The summed E-state index contributed by atoms with van der Waals surface area (Å²) in [6.07, 6.45) is 15.7. The lowest BCUT2D eigenvalue weighted by molar-refractivity contribution is 0.104. The van der Waals surface area contributed by atoms with Gasteiger partial charge >= 0.3 is 0 Å². The summed E-state index contributed by atoms with van der Waals surface area (Å²) in [5.74, 6) is -3.81. The maximum absolute atomic E-state index is 12.3. The molecule has 0 saturated carbocycles. The van der Waals surface area contributed by atoms with E-state index in [0.29, 0.717) is 0 Å². The van der Waals surface area contributed by atoms with E-state index in [-0.39, 0.29) is 5.56 Å². The average Bonchev–Trinajstić information content (AvgIpc) is 2.78. The number of rotatable bonds is 13. The van der Waals surface area contributed by atoms with Gasteiger partial charge in [0.2, 0.25) is 11.5 Å². The number of benzene rings is 2. The molecule has 0 aliphatic rings. The molecule has 5 heteroatoms. The zero-order valence-electron chi connectivity index (χ0n) is 18.3. The van der Waals surface area contributed by atoms with E-state index in [2.05, 4.69) is 6.92 Å². The number of aromatic hydroxyl groups is 4. The first-order valence-electron chi connectivity index (χ1n) is 11.2. The fourth-order valence-corrected chi connectivity index (χ4v) is 3.52. The Labute approximate surface area is 184 Å². The van der Waals surface area contributed by atoms with Crippen LogP contribution in [0.1, 0.15) is 86.2 Å². The molecule has 0 bridgehead atoms. The summed E-state index contributed by atoms with van der Waals surface area (Å²) in [6, 6.07) is 8.87. The third-order valence-corrected chi connectivity index (χ3v) is 5.47. The molecule has 0 unspecified atom stereocenters. The Kier molecular flexibility index (Phi) is 9.95. The number of aryl methyl sites for hydroxylation is 1. The van der Waals surface area contributed by atoms with Crippen molar-refractivity contribution in [3.05, 3.63) is 53.1 Å². The molecule has 0 atom stereocenters. The van der Waals surface area contributed by atoms with Gasteiger partial charge in [-0.05, 0) is 36.1 Å². The van der Waals surface area contributed by atoms with Gasteiger partial charge in [-0.25, -0.2) is 0 Å². The van der Waals surface area contributed by atoms with Crippen LogP contribution in [0.5, 0.6) is 23.0 Å². The quantitative estimate of drug-likeness (QED) is 0.0966. The molecular formula is C26H34O5. The SMILES string of the molecule is CCCCCCCCCCCc1ccc(C=CC(=O)c2cc(O)c(O)c(O)c2O)cc1. The topological polar surface area (TPSA) is 98.0 Å². The zero-order valence-corrected chi connectivity index (χ0v) is 18.3. The van der Waals surface area contributed by atoms with Crippen LogP contribution in [-0.2, 0) is 6.42 Å². The van der Waals surface area contributed by atoms with Crippen molar-refractivity contribution in [2.75, 3.05) is 0 Å². The highest BCUT2D eigenvalue weighted by Gasteiger charge is 2.19. The highest BCUT2D eigenvalue weighted by molar-refractivity contribution is 6.09. The van der Waals surface area contributed by atoms with E-state index < -0.39 is 28.8 Å². The zero-order chi connectivity index (χ0) is 22.6. The Bertz CT molecular complexity index is 868. The minimum Gasteiger partial charge on any atom is -0.504 e. The van der Waals surface area contributed by atoms with Gasteiger partial charge in [0, 0.05) is 0 Å². The molecule has 2 aromatic rings. The first-order chi connectivity index (χ1) is 14.9. The van der Waals surface area contributed by atoms with E-state index in [9.17, 15) is 25.2 Å². The van der Waals surface area contributed by atoms with Crippen LogP contribution in [0, 0.1) is 0 Å². The van der Waals surface area contributed by atoms with Crippen LogP contribution in [-0.4, -0.2) is 26.2 Å². The molecule has 0 aliphatic carbocycles. The number of ketones is 1. The van der Waals surface area contributed by atoms with Crippen LogP contribution in [0.4, 0.5) is 0 Å². The molecule has 2 aromatic carbocycles. The molecular weight excluding hydrogens is 392 g/mol. The molecule has 0 saturated heterocycles. The monoisotopic (exact) mass is 426 g/mol. The van der Waals surface area contributed by atoms with Crippen molar-refractivity contribution in [3.63, 3.8) is 0 Å². The van der Waals surface area contributed by atoms with E-state index in [1.807, 2.05) is 24.3 Å². The number of hydrogen-bond acceptors (Lipinski definition) is 5. The maximum Gasteiger partial charge on any atom is 0.205 e. The van der Waals surface area contributed by atoms with Crippen molar-refractivity contribution in [1.29, 1.82) is 0 Å². The Morgan fingerprint density at radius 3 is 1.97 bits per heavy atom. The number of phenolic OH excluding ortho intramolecular Hbond substituents is 4. The number of hydrogen-bond donors (Lipinski definition) is 4. The summed E-state index contributed by atoms with van der Waals surface area (Å²) in [7, 11) is 0. The van der Waals surface area contributed by atoms with E-state index in [1.165, 1.54) is 69.4 Å². The van der Waals surface area contributed by atoms with Gasteiger partial charge in [-0.3, -0.25) is 4.79 Å². The van der Waals surface area contributed by atoms with Gasteiger partial charge in [-0.2, -0.15) is 0 Å². The molecule has 2 rings (SSSR count). The summed E-state index contributed by atoms with van der Waals surface area (Å²) in [4.78, 5) is 12.3. The fraction of sp³-hybridized carbons (Fsp3) is 0.423. The average molecular weight is 427 g/mol. The van der Waals surface area contributed by atoms with E-state index in [1.54, 1.807) is 6.08 Å². The van der Waals surface area contributed by atoms with Crippen molar-refractivity contribution in [2.45, 2.75) is 71.1 Å². The molecule has 0 aromatic heterocycles. The molecule has 168 valence electrons. The highest BCUT2D eigenvalue weighted by Crippen LogP contribution is 2.44. The predicted molar refractivity (Wildman–Crippen MR) is 124 cm³/mol. The van der Waals surface area contributed by atoms with Crippen LogP contribution < -0.4 is 0 Å². The van der Waals surface area contributed by atoms with Gasteiger partial charge in [-0.15, -0.1) is 0 Å². The molecule has 0 heterocycles. The van der Waals surface area contributed by atoms with Crippen molar-refractivity contribution in [1.82, 2.24) is 0 Å². The molecule has 0 radical (unpaired) electrons. The number of carbonyl (C=O) groups is 1. The first kappa shape index (κ1) is 24.3. The van der Waals surface area contributed by atoms with Gasteiger partial charge in [0.25, 0.3) is 0 Å². The second-order valence-electron chi connectivity index (χ2n) is 8.01. The van der Waals surface area contributed by atoms with Gasteiger partial charge in [0.1, 0.15) is 0 Å². The Morgan fingerprint density at radius 2 is 1.35 bits per heavy atom. The normalized spacial score (nSPS) is 11.3. The Balaban J connectivity index is 1.78. The molecule has 0 fully saturated rings. The molecule has 5 nitrogen and oxygen atoms in total. The van der Waals surface area contributed by atoms with Crippen molar-refractivity contribution < 1.29 is 25.2 Å². The fourth-order valence-electron chi connectivity index (χ4n) is 3.52. The lowest BCUT2D eigenvalue weighted by Gasteiger charge is -2.07. The summed E-state index contributed by atoms with van der Waals surface area (Å²) < 4.78 is 0. The summed E-state index contributed by atoms with van der Waals surface area (Å²) in [6.45, 7) is 2.24. The molecule has 0 amide bonds. The maximum atomic E-state index is 12.3. The summed E-state index contributed by atoms with van der Waals surface area (Å²) in [5, 5.41) is 38.3. The van der Waals surface area contributed by atoms with Crippen LogP contribution in [0.25, 0.3) is 6.08 Å². The largest absolute Gasteiger partial charge is 0.504 e. The van der Waals surface area contributed by atoms with Crippen molar-refractivity contribution in [3.8, 4) is 23.0 Å². The van der Waals surface area contributed by atoms with E-state index in [0.717, 1.165) is 18.1 Å². The minimum atomic E-state index is -0.919. The van der Waals surface area contributed by atoms with Crippen LogP contribution in [0.15, 0.2) is 36.4 Å². The Hall–Kier alpha value is -2.95. The minimum absolute atomic E-state index is 0.286. The molecule has 0 aliphatic heterocycles. The number of carbonyl (C=O) groups excluding carboxylic acids is 1. The molecule has 4 N–H and O–H groups in total. The van der Waals surface area contributed by atoms with Gasteiger partial charge in [0.15, 0.2) is 17.3 Å². The van der Waals surface area contributed by atoms with E-state index in [4.69, 9.17) is 0 Å². The van der Waals surface area contributed by atoms with Gasteiger partial charge in [0.05, 0.1) is 5.56 Å². The highest BCUT2D eigenvalue weighted by atomic mass is 16.3. The van der Waals surface area contributed by atoms with E-state index >= 15 is 0 Å². The standard InChI is InChI=1S/C26H34O5/c1-2-3-4-5-6-7-8-9-10-11-19-12-14-20(15-13-19)16-17-22(27)21-18-23(28)25(30)26(31)24(21)29/h12-18,28-31H,2-11H2,1H3. The predicted octanol–water partition coefficient (Wildman–Crippen LogP) is 6.48. The van der Waals surface area contributed by atoms with Crippen LogP contribution in [0.3, 0.4) is 0 Å². The lowest BCUT2D eigenvalue weighted by Crippen LogP contribution is -1.95. The van der Waals surface area contributed by atoms with Crippen molar-refractivity contribution >= 4 is 11.9 Å². The lowest BCUT2D eigenvalue weighted by atomic mass is 10.0. The Morgan fingerprint density at radius 1 is 0.774 bits per heavy atom. The third-order valence-electron chi connectivity index (χ3n) is 5.47. The molecule has 31 heavy (non-hydrogen) atoms. The van der Waals surface area contributed by atoms with Crippen LogP contribution in [0.2, 0.25) is 0 Å². The van der Waals surface area contributed by atoms with Crippen molar-refractivity contribution in [2.24, 2.45) is 0 Å². The smallest absolute Gasteiger partial charge is 0.205 e. The summed E-state index contributed by atoms with van der Waals surface area (Å²) >= 11 is 0. The first-order valence-corrected chi connectivity index (χ1v) is 11.2. The van der Waals surface area contributed by atoms with Crippen LogP contribution >= 0.6 is 0 Å². The van der Waals surface area contributed by atoms with Gasteiger partial charge in [-0.1, -0.05) is 88.6 Å². The van der Waals surface area contributed by atoms with Gasteiger partial charge < -0.3 is 20.4 Å². The molecule has 0 spiro atoms.